The molecule has 0 saturated carbocycles. The van der Waals surface area contributed by atoms with Gasteiger partial charge in [-0.15, -0.1) is 8.58 Å². The van der Waals surface area contributed by atoms with Gasteiger partial charge in [-0.3, -0.25) is 0 Å². The predicted octanol–water partition coefficient (Wildman–Crippen LogP) is 4.33. The summed E-state index contributed by atoms with van der Waals surface area (Å²) >= 11 is 6.00. The highest BCUT2D eigenvalue weighted by Crippen LogP contribution is 2.30. The zero-order valence-corrected chi connectivity index (χ0v) is 11.1. The Balaban J connectivity index is 2.55. The van der Waals surface area contributed by atoms with Crippen LogP contribution in [0.1, 0.15) is 30.9 Å². The van der Waals surface area contributed by atoms with Crippen molar-refractivity contribution in [2.45, 2.75) is 32.9 Å². The molecule has 1 rings (SSSR count). The van der Waals surface area contributed by atoms with Crippen LogP contribution in [-0.2, 0) is 6.16 Å². The van der Waals surface area contributed by atoms with Gasteiger partial charge in [0.05, 0.1) is 0 Å². The Morgan fingerprint density at radius 1 is 1.40 bits per heavy atom. The fourth-order valence-corrected chi connectivity index (χ4v) is 2.87. The Morgan fingerprint density at radius 2 is 2.13 bits per heavy atom. The van der Waals surface area contributed by atoms with Crippen molar-refractivity contribution < 1.29 is 5.11 Å². The summed E-state index contributed by atoms with van der Waals surface area (Å²) < 4.78 is 0. The van der Waals surface area contributed by atoms with Crippen molar-refractivity contribution in [3.8, 4) is 5.75 Å². The van der Waals surface area contributed by atoms with E-state index < -0.39 is 0 Å². The number of benzene rings is 1. The molecule has 0 bridgehead atoms. The molecule has 0 aromatic heterocycles. The number of aromatic hydroxyl groups is 1. The molecule has 0 radical (unpaired) electrons. The molecule has 1 unspecified atom stereocenters. The van der Waals surface area contributed by atoms with Crippen molar-refractivity contribution in [3.63, 3.8) is 0 Å². The van der Waals surface area contributed by atoms with E-state index in [1.807, 2.05) is 19.1 Å². The fraction of sp³-hybridized carbons (Fsp3) is 0.500. The lowest BCUT2D eigenvalue weighted by molar-refractivity contribution is 0.470. The van der Waals surface area contributed by atoms with Crippen LogP contribution in [0.5, 0.6) is 5.75 Å². The van der Waals surface area contributed by atoms with E-state index in [1.165, 1.54) is 19.0 Å². The van der Waals surface area contributed by atoms with Gasteiger partial charge >= 0.3 is 0 Å². The maximum Gasteiger partial charge on any atom is 0.120 e. The molecule has 1 nitrogen and oxygen atoms in total. The summed E-state index contributed by atoms with van der Waals surface area (Å²) in [6.45, 7) is 4.04. The molecule has 0 aliphatic rings. The van der Waals surface area contributed by atoms with Crippen LogP contribution >= 0.6 is 20.2 Å². The van der Waals surface area contributed by atoms with Crippen molar-refractivity contribution >= 4 is 20.2 Å². The van der Waals surface area contributed by atoms with Crippen molar-refractivity contribution in [1.29, 1.82) is 0 Å². The molecule has 0 aliphatic heterocycles. The van der Waals surface area contributed by atoms with Crippen LogP contribution in [0.2, 0.25) is 5.02 Å². The lowest BCUT2D eigenvalue weighted by atomic mass is 10.1. The highest BCUT2D eigenvalue weighted by atomic mass is 35.5. The van der Waals surface area contributed by atoms with Crippen LogP contribution < -0.4 is 0 Å². The van der Waals surface area contributed by atoms with Gasteiger partial charge in [0, 0.05) is 10.6 Å². The molecule has 1 N–H and O–H groups in total. The molecule has 84 valence electrons. The first kappa shape index (κ1) is 12.8. The van der Waals surface area contributed by atoms with E-state index in [2.05, 4.69) is 6.92 Å². The second kappa shape index (κ2) is 6.35. The van der Waals surface area contributed by atoms with Gasteiger partial charge in [0.25, 0.3) is 0 Å². The molecule has 1 aromatic carbocycles. The van der Waals surface area contributed by atoms with E-state index in [-0.39, 0.29) is 0 Å². The van der Waals surface area contributed by atoms with E-state index in [0.29, 0.717) is 10.8 Å². The number of hydrogen-bond donors (Lipinski definition) is 1. The second-order valence-corrected chi connectivity index (χ2v) is 5.51. The van der Waals surface area contributed by atoms with E-state index in [0.717, 1.165) is 25.9 Å². The SMILES string of the molecule is CCCCPCc1cc(O)c(C)c(Cl)c1. The molecule has 0 heterocycles. The lowest BCUT2D eigenvalue weighted by Crippen LogP contribution is -1.85. The molecular weight excluding hydrogens is 227 g/mol. The summed E-state index contributed by atoms with van der Waals surface area (Å²) in [5, 5.41) is 10.3. The lowest BCUT2D eigenvalue weighted by Gasteiger charge is -2.06. The Bertz CT molecular complexity index is 302. The van der Waals surface area contributed by atoms with Gasteiger partial charge in [-0.05, 0) is 43.4 Å². The van der Waals surface area contributed by atoms with Crippen LogP contribution in [0.15, 0.2) is 12.1 Å². The van der Waals surface area contributed by atoms with Crippen LogP contribution in [0.4, 0.5) is 0 Å². The van der Waals surface area contributed by atoms with Crippen LogP contribution in [0.3, 0.4) is 0 Å². The molecule has 1 atom stereocenters. The number of hydrogen-bond acceptors (Lipinski definition) is 1. The molecule has 1 aromatic rings. The molecule has 0 fully saturated rings. The van der Waals surface area contributed by atoms with Gasteiger partial charge in [0.2, 0.25) is 0 Å². The molecule has 0 amide bonds. The smallest absolute Gasteiger partial charge is 0.120 e. The number of halogens is 1. The summed E-state index contributed by atoms with van der Waals surface area (Å²) in [6.07, 6.45) is 4.87. The largest absolute Gasteiger partial charge is 0.508 e. The minimum Gasteiger partial charge on any atom is -0.508 e. The van der Waals surface area contributed by atoms with E-state index in [1.54, 1.807) is 0 Å². The van der Waals surface area contributed by atoms with E-state index in [9.17, 15) is 5.11 Å². The van der Waals surface area contributed by atoms with Gasteiger partial charge in [0.15, 0.2) is 0 Å². The summed E-state index contributed by atoms with van der Waals surface area (Å²) in [6, 6.07) is 3.80. The van der Waals surface area contributed by atoms with Gasteiger partial charge in [-0.1, -0.05) is 24.9 Å². The van der Waals surface area contributed by atoms with Gasteiger partial charge < -0.3 is 5.11 Å². The van der Waals surface area contributed by atoms with Gasteiger partial charge in [-0.2, -0.15) is 0 Å². The van der Waals surface area contributed by atoms with Gasteiger partial charge in [0.1, 0.15) is 5.75 Å². The molecule has 0 spiro atoms. The number of rotatable bonds is 5. The summed E-state index contributed by atoms with van der Waals surface area (Å²) in [4.78, 5) is 0. The van der Waals surface area contributed by atoms with Crippen molar-refractivity contribution in [2.75, 3.05) is 6.16 Å². The molecule has 0 aliphatic carbocycles. The maximum absolute atomic E-state index is 9.60. The first-order chi connectivity index (χ1) is 7.15. The monoisotopic (exact) mass is 244 g/mol. The Kier molecular flexibility index (Phi) is 5.42. The topological polar surface area (TPSA) is 20.2 Å². The first-order valence-electron chi connectivity index (χ1n) is 5.34. The standard InChI is InChI=1S/C12H18ClOP/c1-3-4-5-15-8-10-6-11(13)9(2)12(14)7-10/h6-7,14-15H,3-5,8H2,1-2H3. The molecule has 15 heavy (non-hydrogen) atoms. The van der Waals surface area contributed by atoms with E-state index >= 15 is 0 Å². The van der Waals surface area contributed by atoms with Crippen molar-refractivity contribution in [2.24, 2.45) is 0 Å². The molecular formula is C12H18ClOP. The zero-order valence-electron chi connectivity index (χ0n) is 9.31. The third-order valence-electron chi connectivity index (χ3n) is 2.41. The zero-order chi connectivity index (χ0) is 11.3. The predicted molar refractivity (Wildman–Crippen MR) is 69.6 cm³/mol. The minimum atomic E-state index is 0.317. The fourth-order valence-electron chi connectivity index (χ4n) is 1.36. The Hall–Kier alpha value is -0.260. The highest BCUT2D eigenvalue weighted by molar-refractivity contribution is 7.37. The van der Waals surface area contributed by atoms with Crippen LogP contribution in [-0.4, -0.2) is 11.3 Å². The highest BCUT2D eigenvalue weighted by Gasteiger charge is 2.04. The van der Waals surface area contributed by atoms with Crippen molar-refractivity contribution in [3.05, 3.63) is 28.3 Å². The summed E-state index contributed by atoms with van der Waals surface area (Å²) in [5.74, 6) is 0.317. The molecule has 0 saturated heterocycles. The van der Waals surface area contributed by atoms with Crippen molar-refractivity contribution in [1.82, 2.24) is 0 Å². The maximum atomic E-state index is 9.60. The third kappa shape index (κ3) is 4.01. The quantitative estimate of drug-likeness (QED) is 0.604. The first-order valence-corrected chi connectivity index (χ1v) is 7.13. The summed E-state index contributed by atoms with van der Waals surface area (Å²) in [7, 11) is 0.936. The third-order valence-corrected chi connectivity index (χ3v) is 4.17. The number of unbranched alkanes of at least 4 members (excludes halogenated alkanes) is 1. The second-order valence-electron chi connectivity index (χ2n) is 3.75. The Labute approximate surface area is 98.6 Å². The average molecular weight is 245 g/mol. The van der Waals surface area contributed by atoms with E-state index in [4.69, 9.17) is 11.6 Å². The summed E-state index contributed by atoms with van der Waals surface area (Å²) in [5.41, 5.74) is 1.93. The Morgan fingerprint density at radius 3 is 2.73 bits per heavy atom. The normalized spacial score (nSPS) is 11.4. The molecule has 3 heteroatoms. The average Bonchev–Trinajstić information content (AvgIpc) is 2.21. The number of phenols is 1. The minimum absolute atomic E-state index is 0.317. The number of phenolic OH excluding ortho intramolecular Hbond substituents is 1. The van der Waals surface area contributed by atoms with Crippen LogP contribution in [0, 0.1) is 6.92 Å². The van der Waals surface area contributed by atoms with Crippen LogP contribution in [0.25, 0.3) is 0 Å². The van der Waals surface area contributed by atoms with Gasteiger partial charge in [-0.25, -0.2) is 0 Å².